The van der Waals surface area contributed by atoms with Crippen LogP contribution < -0.4 is 4.90 Å². The van der Waals surface area contributed by atoms with Crippen LogP contribution in [0, 0.1) is 18.3 Å². The molecule has 5 rings (SSSR count). The summed E-state index contributed by atoms with van der Waals surface area (Å²) < 4.78 is 1.67. The Morgan fingerprint density at radius 2 is 2.03 bits per heavy atom. The molecule has 3 heterocycles. The molecule has 1 fully saturated rings. The Morgan fingerprint density at radius 1 is 1.25 bits per heavy atom. The number of nitrogens with zero attached hydrogens (tertiary/aromatic N) is 7. The predicted molar refractivity (Wildman–Crippen MR) is 126 cm³/mol. The van der Waals surface area contributed by atoms with Crippen LogP contribution in [0.15, 0.2) is 12.1 Å². The van der Waals surface area contributed by atoms with E-state index in [1.807, 2.05) is 26.0 Å². The van der Waals surface area contributed by atoms with Crippen molar-refractivity contribution >= 4 is 39.5 Å². The molecule has 1 aliphatic carbocycles. The molecule has 0 bridgehead atoms. The lowest BCUT2D eigenvalue weighted by Crippen LogP contribution is -2.34. The van der Waals surface area contributed by atoms with Crippen LogP contribution in [0.5, 0.6) is 0 Å². The van der Waals surface area contributed by atoms with Crippen LogP contribution in [0.2, 0.25) is 5.02 Å². The van der Waals surface area contributed by atoms with Gasteiger partial charge in [0.1, 0.15) is 23.0 Å². The van der Waals surface area contributed by atoms with E-state index in [-0.39, 0.29) is 0 Å². The van der Waals surface area contributed by atoms with Crippen molar-refractivity contribution in [3.63, 3.8) is 0 Å². The van der Waals surface area contributed by atoms with Crippen molar-refractivity contribution in [2.75, 3.05) is 11.9 Å². The van der Waals surface area contributed by atoms with Crippen LogP contribution in [0.1, 0.15) is 50.4 Å². The van der Waals surface area contributed by atoms with Crippen LogP contribution in [-0.4, -0.2) is 43.0 Å². The summed E-state index contributed by atoms with van der Waals surface area (Å²) >= 11 is 6.80. The Labute approximate surface area is 191 Å². The quantitative estimate of drug-likeness (QED) is 0.472. The minimum Gasteiger partial charge on any atom is -0.355 e. The molecule has 0 radical (unpaired) electrons. The fraction of sp³-hybridized carbons (Fsp3) is 0.435. The van der Waals surface area contributed by atoms with Gasteiger partial charge in [-0.15, -0.1) is 0 Å². The molecule has 0 unspecified atom stereocenters. The van der Waals surface area contributed by atoms with Crippen molar-refractivity contribution in [3.8, 4) is 17.3 Å². The summed E-state index contributed by atoms with van der Waals surface area (Å²) in [6.07, 6.45) is 6.21. The van der Waals surface area contributed by atoms with E-state index < -0.39 is 0 Å². The Balaban J connectivity index is 1.61. The minimum absolute atomic E-state index is 0.452. The van der Waals surface area contributed by atoms with Gasteiger partial charge >= 0.3 is 0 Å². The van der Waals surface area contributed by atoms with Gasteiger partial charge in [-0.25, -0.2) is 9.97 Å². The van der Waals surface area contributed by atoms with Crippen LogP contribution in [0.4, 0.5) is 5.82 Å². The number of nitriles is 1. The molecule has 9 heteroatoms. The highest BCUT2D eigenvalue weighted by atomic mass is 35.5. The van der Waals surface area contributed by atoms with E-state index in [4.69, 9.17) is 21.6 Å². The lowest BCUT2D eigenvalue weighted by atomic mass is 9.94. The first-order valence-corrected chi connectivity index (χ1v) is 11.5. The Hall–Kier alpha value is -3.18. The second-order valence-electron chi connectivity index (χ2n) is 8.40. The number of benzene rings is 1. The van der Waals surface area contributed by atoms with Gasteiger partial charge in [0.05, 0.1) is 21.6 Å². The largest absolute Gasteiger partial charge is 0.355 e. The Bertz CT molecular complexity index is 1360. The van der Waals surface area contributed by atoms with E-state index in [9.17, 15) is 5.26 Å². The van der Waals surface area contributed by atoms with Gasteiger partial charge in [-0.05, 0) is 38.8 Å². The summed E-state index contributed by atoms with van der Waals surface area (Å²) in [7, 11) is 2.11. The minimum atomic E-state index is 0.452. The molecule has 164 valence electrons. The fourth-order valence-electron chi connectivity index (χ4n) is 4.79. The van der Waals surface area contributed by atoms with Gasteiger partial charge in [-0.1, -0.05) is 30.9 Å². The number of aromatic amines is 1. The van der Waals surface area contributed by atoms with Gasteiger partial charge in [0.2, 0.25) is 0 Å². The van der Waals surface area contributed by atoms with E-state index in [2.05, 4.69) is 33.3 Å². The number of fused-ring (bicyclic) bond motifs is 2. The van der Waals surface area contributed by atoms with Gasteiger partial charge in [-0.2, -0.15) is 15.5 Å². The summed E-state index contributed by atoms with van der Waals surface area (Å²) in [4.78, 5) is 12.0. The van der Waals surface area contributed by atoms with E-state index in [0.717, 1.165) is 11.5 Å². The summed E-state index contributed by atoms with van der Waals surface area (Å²) in [6.45, 7) is 4.53. The number of aromatic nitrogens is 6. The maximum Gasteiger partial charge on any atom is 0.177 e. The first-order chi connectivity index (χ1) is 15.5. The molecule has 1 N–H and O–H groups in total. The molecule has 0 aliphatic heterocycles. The summed E-state index contributed by atoms with van der Waals surface area (Å²) in [5, 5.41) is 22.8. The van der Waals surface area contributed by atoms with Gasteiger partial charge in [0.25, 0.3) is 0 Å². The maximum absolute atomic E-state index is 9.66. The zero-order valence-corrected chi connectivity index (χ0v) is 19.2. The molecule has 1 saturated carbocycles. The zero-order valence-electron chi connectivity index (χ0n) is 18.5. The van der Waals surface area contributed by atoms with Gasteiger partial charge in [0, 0.05) is 25.2 Å². The van der Waals surface area contributed by atoms with Crippen molar-refractivity contribution in [2.45, 2.75) is 58.5 Å². The highest BCUT2D eigenvalue weighted by molar-refractivity contribution is 6.38. The second kappa shape index (κ2) is 8.06. The second-order valence-corrected chi connectivity index (χ2v) is 8.78. The van der Waals surface area contributed by atoms with E-state index in [1.54, 1.807) is 4.68 Å². The molecular weight excluding hydrogens is 424 g/mol. The average Bonchev–Trinajstić information content (AvgIpc) is 3.39. The Kier molecular flexibility index (Phi) is 5.22. The summed E-state index contributed by atoms with van der Waals surface area (Å²) in [5.41, 5.74) is 4.64. The number of hydrogen-bond acceptors (Lipinski definition) is 6. The number of anilines is 1. The number of aryl methyl sites for hydroxylation is 2. The van der Waals surface area contributed by atoms with E-state index in [0.29, 0.717) is 56.6 Å². The SMILES string of the molecule is CCn1nc2ccc(-c3n[nH]c4nc(N(C)C5CCCCC5)c(C)nc34)c(Cl)c2c1C#N. The van der Waals surface area contributed by atoms with Crippen LogP contribution in [0.3, 0.4) is 0 Å². The highest BCUT2D eigenvalue weighted by Crippen LogP contribution is 2.38. The molecule has 32 heavy (non-hydrogen) atoms. The molecular formula is C23H25ClN8. The van der Waals surface area contributed by atoms with E-state index >= 15 is 0 Å². The van der Waals surface area contributed by atoms with Crippen molar-refractivity contribution in [2.24, 2.45) is 0 Å². The normalized spacial score (nSPS) is 14.8. The topological polar surface area (TPSA) is 99.3 Å². The average molecular weight is 449 g/mol. The third-order valence-corrected chi connectivity index (χ3v) is 6.90. The smallest absolute Gasteiger partial charge is 0.177 e. The Morgan fingerprint density at radius 3 is 2.75 bits per heavy atom. The standard InChI is InChI=1S/C23H25ClN8/c1-4-32-17(12-25)18-16(30-32)11-10-15(19(18)24)20-21-22(29-28-20)27-23(13(2)26-21)31(3)14-8-6-5-7-9-14/h10-11,14H,4-9H2,1-3H3,(H,27,28,29). The van der Waals surface area contributed by atoms with Gasteiger partial charge in [-0.3, -0.25) is 9.78 Å². The molecule has 0 saturated heterocycles. The molecule has 4 aromatic rings. The molecule has 3 aromatic heterocycles. The van der Waals surface area contributed by atoms with Crippen molar-refractivity contribution in [1.29, 1.82) is 5.26 Å². The lowest BCUT2D eigenvalue weighted by Gasteiger charge is -2.32. The van der Waals surface area contributed by atoms with Gasteiger partial charge < -0.3 is 4.90 Å². The monoisotopic (exact) mass is 448 g/mol. The lowest BCUT2D eigenvalue weighted by molar-refractivity contribution is 0.425. The third-order valence-electron chi connectivity index (χ3n) is 6.50. The molecule has 0 spiro atoms. The number of nitrogens with one attached hydrogen (secondary N) is 1. The molecule has 0 atom stereocenters. The number of rotatable bonds is 4. The number of H-pyrrole nitrogens is 1. The molecule has 1 aromatic carbocycles. The summed E-state index contributed by atoms with van der Waals surface area (Å²) in [5.74, 6) is 0.886. The third kappa shape index (κ3) is 3.19. The van der Waals surface area contributed by atoms with E-state index in [1.165, 1.54) is 32.1 Å². The zero-order chi connectivity index (χ0) is 22.4. The maximum atomic E-state index is 9.66. The van der Waals surface area contributed by atoms with Crippen molar-refractivity contribution in [3.05, 3.63) is 28.5 Å². The van der Waals surface area contributed by atoms with Crippen molar-refractivity contribution in [1.82, 2.24) is 29.9 Å². The predicted octanol–water partition coefficient (Wildman–Crippen LogP) is 4.99. The van der Waals surface area contributed by atoms with Crippen molar-refractivity contribution < 1.29 is 0 Å². The first-order valence-electron chi connectivity index (χ1n) is 11.1. The number of halogens is 1. The first kappa shape index (κ1) is 20.7. The molecule has 1 aliphatic rings. The summed E-state index contributed by atoms with van der Waals surface area (Å²) in [6, 6.07) is 6.48. The van der Waals surface area contributed by atoms with Crippen LogP contribution in [0.25, 0.3) is 33.3 Å². The fourth-order valence-corrected chi connectivity index (χ4v) is 5.13. The number of hydrogen-bond donors (Lipinski definition) is 1. The van der Waals surface area contributed by atoms with Gasteiger partial charge in [0.15, 0.2) is 11.5 Å². The van der Waals surface area contributed by atoms with Crippen LogP contribution >= 0.6 is 11.6 Å². The highest BCUT2D eigenvalue weighted by Gasteiger charge is 2.24. The molecule has 8 nitrogen and oxygen atoms in total. The molecule has 0 amide bonds. The van der Waals surface area contributed by atoms with Crippen LogP contribution in [-0.2, 0) is 6.54 Å².